The highest BCUT2D eigenvalue weighted by atomic mass is 16.5. The van der Waals surface area contributed by atoms with Gasteiger partial charge in [0.1, 0.15) is 11.5 Å². The molecule has 1 N–H and O–H groups in total. The van der Waals surface area contributed by atoms with Crippen LogP contribution in [0.2, 0.25) is 0 Å². The summed E-state index contributed by atoms with van der Waals surface area (Å²) in [7, 11) is 3.42. The Labute approximate surface area is 146 Å². The van der Waals surface area contributed by atoms with Gasteiger partial charge in [-0.3, -0.25) is 0 Å². The average Bonchev–Trinajstić information content (AvgIpc) is 2.60. The second-order valence-corrected chi connectivity index (χ2v) is 6.59. The van der Waals surface area contributed by atoms with E-state index in [2.05, 4.69) is 56.4 Å². The van der Waals surface area contributed by atoms with Crippen LogP contribution >= 0.6 is 0 Å². The van der Waals surface area contributed by atoms with Gasteiger partial charge in [-0.2, -0.15) is 0 Å². The van der Waals surface area contributed by atoms with Crippen molar-refractivity contribution >= 4 is 0 Å². The van der Waals surface area contributed by atoms with Gasteiger partial charge in [-0.15, -0.1) is 0 Å². The van der Waals surface area contributed by atoms with Crippen molar-refractivity contribution in [2.45, 2.75) is 39.3 Å². The van der Waals surface area contributed by atoms with Gasteiger partial charge in [-0.25, -0.2) is 0 Å². The Morgan fingerprint density at radius 3 is 2.21 bits per heavy atom. The molecule has 0 aliphatic rings. The fourth-order valence-corrected chi connectivity index (χ4v) is 3.01. The van der Waals surface area contributed by atoms with E-state index in [0.717, 1.165) is 23.5 Å². The van der Waals surface area contributed by atoms with Crippen LogP contribution in [0.5, 0.6) is 11.5 Å². The number of benzene rings is 2. The molecule has 0 bridgehead atoms. The zero-order chi connectivity index (χ0) is 17.5. The van der Waals surface area contributed by atoms with Crippen molar-refractivity contribution in [3.8, 4) is 11.5 Å². The first-order chi connectivity index (χ1) is 11.5. The van der Waals surface area contributed by atoms with Gasteiger partial charge < -0.3 is 14.8 Å². The third kappa shape index (κ3) is 4.75. The lowest BCUT2D eigenvalue weighted by Gasteiger charge is -2.27. The Bertz CT molecular complexity index is 625. The van der Waals surface area contributed by atoms with Crippen LogP contribution in [-0.2, 0) is 0 Å². The van der Waals surface area contributed by atoms with Crippen LogP contribution in [0.25, 0.3) is 0 Å². The quantitative estimate of drug-likeness (QED) is 0.728. The molecule has 2 rings (SSSR count). The molecule has 0 spiro atoms. The van der Waals surface area contributed by atoms with Crippen LogP contribution in [0.3, 0.4) is 0 Å². The van der Waals surface area contributed by atoms with E-state index in [4.69, 9.17) is 9.47 Å². The summed E-state index contributed by atoms with van der Waals surface area (Å²) in [5.41, 5.74) is 2.43. The minimum absolute atomic E-state index is 0.199. The fraction of sp³-hybridized carbons (Fsp3) is 0.429. The maximum atomic E-state index is 5.60. The molecule has 0 aliphatic heterocycles. The Morgan fingerprint density at radius 1 is 0.917 bits per heavy atom. The van der Waals surface area contributed by atoms with Crippen molar-refractivity contribution in [3.05, 3.63) is 59.7 Å². The highest BCUT2D eigenvalue weighted by Crippen LogP contribution is 2.34. The van der Waals surface area contributed by atoms with Crippen molar-refractivity contribution in [2.75, 3.05) is 14.2 Å². The molecule has 0 heterocycles. The van der Waals surface area contributed by atoms with Gasteiger partial charge >= 0.3 is 0 Å². The highest BCUT2D eigenvalue weighted by molar-refractivity contribution is 5.42. The first-order valence-corrected chi connectivity index (χ1v) is 8.58. The molecule has 0 unspecified atom stereocenters. The molecule has 0 saturated heterocycles. The smallest absolute Gasteiger partial charge is 0.123 e. The summed E-state index contributed by atoms with van der Waals surface area (Å²) in [6, 6.07) is 17.0. The standard InChI is InChI=1S/C21H29NO2/c1-15(2)13-20(22-16(3)17-9-7-6-8-10-17)19-14-18(23-4)11-12-21(19)24-5/h6-12,14-16,20,22H,13H2,1-5H3/t16-,20+/m0/s1. The van der Waals surface area contributed by atoms with E-state index in [1.54, 1.807) is 14.2 Å². The number of methoxy groups -OCH3 is 2. The number of hydrogen-bond acceptors (Lipinski definition) is 3. The summed E-state index contributed by atoms with van der Waals surface area (Å²) in [6.45, 7) is 6.69. The fourth-order valence-electron chi connectivity index (χ4n) is 3.01. The molecule has 0 fully saturated rings. The first kappa shape index (κ1) is 18.3. The van der Waals surface area contributed by atoms with Crippen LogP contribution in [0.1, 0.15) is 50.4 Å². The van der Waals surface area contributed by atoms with Crippen LogP contribution in [-0.4, -0.2) is 14.2 Å². The maximum absolute atomic E-state index is 5.60. The molecule has 0 aromatic heterocycles. The van der Waals surface area contributed by atoms with E-state index in [1.807, 2.05) is 18.2 Å². The zero-order valence-corrected chi connectivity index (χ0v) is 15.4. The lowest BCUT2D eigenvalue weighted by Crippen LogP contribution is -2.26. The molecule has 3 heteroatoms. The van der Waals surface area contributed by atoms with E-state index in [9.17, 15) is 0 Å². The minimum Gasteiger partial charge on any atom is -0.497 e. The molecule has 130 valence electrons. The van der Waals surface area contributed by atoms with Gasteiger partial charge in [0, 0.05) is 17.6 Å². The molecule has 24 heavy (non-hydrogen) atoms. The van der Waals surface area contributed by atoms with Crippen LogP contribution in [0.4, 0.5) is 0 Å². The lowest BCUT2D eigenvalue weighted by molar-refractivity contribution is 0.360. The van der Waals surface area contributed by atoms with Gasteiger partial charge in [0.25, 0.3) is 0 Å². The average molecular weight is 327 g/mol. The molecular formula is C21H29NO2. The topological polar surface area (TPSA) is 30.5 Å². The molecular weight excluding hydrogens is 298 g/mol. The molecule has 0 radical (unpaired) electrons. The summed E-state index contributed by atoms with van der Waals surface area (Å²) in [4.78, 5) is 0. The Kier molecular flexibility index (Phi) is 6.68. The summed E-state index contributed by atoms with van der Waals surface area (Å²) in [5.74, 6) is 2.32. The highest BCUT2D eigenvalue weighted by Gasteiger charge is 2.21. The van der Waals surface area contributed by atoms with Crippen molar-refractivity contribution in [1.82, 2.24) is 5.32 Å². The summed E-state index contributed by atoms with van der Waals surface area (Å²) < 4.78 is 11.0. The van der Waals surface area contributed by atoms with Gasteiger partial charge in [0.05, 0.1) is 14.2 Å². The largest absolute Gasteiger partial charge is 0.497 e. The van der Waals surface area contributed by atoms with Crippen LogP contribution in [0, 0.1) is 5.92 Å². The maximum Gasteiger partial charge on any atom is 0.123 e. The number of rotatable bonds is 8. The van der Waals surface area contributed by atoms with Gasteiger partial charge in [-0.05, 0) is 43.0 Å². The summed E-state index contributed by atoms with van der Waals surface area (Å²) in [5, 5.41) is 3.77. The Hall–Kier alpha value is -2.00. The molecule has 0 saturated carbocycles. The van der Waals surface area contributed by atoms with E-state index in [-0.39, 0.29) is 12.1 Å². The molecule has 3 nitrogen and oxygen atoms in total. The Balaban J connectivity index is 2.31. The number of hydrogen-bond donors (Lipinski definition) is 1. The SMILES string of the molecule is COc1ccc(OC)c([C@@H](CC(C)C)N[C@@H](C)c2ccccc2)c1. The normalized spacial score (nSPS) is 13.6. The number of ether oxygens (including phenoxy) is 2. The molecule has 0 amide bonds. The summed E-state index contributed by atoms with van der Waals surface area (Å²) >= 11 is 0. The molecule has 2 aromatic rings. The van der Waals surface area contributed by atoms with E-state index in [0.29, 0.717) is 5.92 Å². The van der Waals surface area contributed by atoms with Crippen LogP contribution in [0.15, 0.2) is 48.5 Å². The van der Waals surface area contributed by atoms with Crippen molar-refractivity contribution < 1.29 is 9.47 Å². The number of nitrogens with one attached hydrogen (secondary N) is 1. The predicted molar refractivity (Wildman–Crippen MR) is 99.7 cm³/mol. The van der Waals surface area contributed by atoms with Gasteiger partial charge in [0.15, 0.2) is 0 Å². The van der Waals surface area contributed by atoms with Crippen molar-refractivity contribution in [3.63, 3.8) is 0 Å². The first-order valence-electron chi connectivity index (χ1n) is 8.58. The molecule has 2 aromatic carbocycles. The second-order valence-electron chi connectivity index (χ2n) is 6.59. The van der Waals surface area contributed by atoms with E-state index >= 15 is 0 Å². The zero-order valence-electron chi connectivity index (χ0n) is 15.4. The minimum atomic E-state index is 0.199. The van der Waals surface area contributed by atoms with Gasteiger partial charge in [-0.1, -0.05) is 44.2 Å². The molecule has 0 aliphatic carbocycles. The predicted octanol–water partition coefficient (Wildman–Crippen LogP) is 5.14. The summed E-state index contributed by atoms with van der Waals surface area (Å²) in [6.07, 6.45) is 1.03. The van der Waals surface area contributed by atoms with Gasteiger partial charge in [0.2, 0.25) is 0 Å². The third-order valence-electron chi connectivity index (χ3n) is 4.27. The molecule has 2 atom stereocenters. The lowest BCUT2D eigenvalue weighted by atomic mass is 9.94. The van der Waals surface area contributed by atoms with Crippen molar-refractivity contribution in [2.24, 2.45) is 5.92 Å². The van der Waals surface area contributed by atoms with E-state index in [1.165, 1.54) is 5.56 Å². The van der Waals surface area contributed by atoms with Crippen molar-refractivity contribution in [1.29, 1.82) is 0 Å². The second kappa shape index (κ2) is 8.74. The van der Waals surface area contributed by atoms with Crippen LogP contribution < -0.4 is 14.8 Å². The van der Waals surface area contributed by atoms with E-state index < -0.39 is 0 Å². The monoisotopic (exact) mass is 327 g/mol. The third-order valence-corrected chi connectivity index (χ3v) is 4.27. The Morgan fingerprint density at radius 2 is 1.62 bits per heavy atom.